The van der Waals surface area contributed by atoms with Crippen LogP contribution in [0.1, 0.15) is 5.56 Å². The molecule has 0 radical (unpaired) electrons. The Morgan fingerprint density at radius 2 is 2.06 bits per heavy atom. The van der Waals surface area contributed by atoms with Gasteiger partial charge in [-0.15, -0.1) is 0 Å². The van der Waals surface area contributed by atoms with Gasteiger partial charge in [-0.2, -0.15) is 0 Å². The van der Waals surface area contributed by atoms with Crippen LogP contribution in [0.3, 0.4) is 0 Å². The quantitative estimate of drug-likeness (QED) is 0.598. The Bertz CT molecular complexity index is 579. The second kappa shape index (κ2) is 3.94. The first-order valence-corrected chi connectivity index (χ1v) is 6.55. The summed E-state index contributed by atoms with van der Waals surface area (Å²) in [6.45, 7) is 0. The van der Waals surface area contributed by atoms with Crippen molar-refractivity contribution in [1.29, 1.82) is 0 Å². The molecule has 0 spiro atoms. The van der Waals surface area contributed by atoms with Crippen LogP contribution in [0.5, 0.6) is 0 Å². The summed E-state index contributed by atoms with van der Waals surface area (Å²) in [5.41, 5.74) is 1.34. The van der Waals surface area contributed by atoms with Crippen molar-refractivity contribution in [2.75, 3.05) is 0 Å². The second-order valence-corrected chi connectivity index (χ2v) is 5.31. The van der Waals surface area contributed by atoms with Crippen molar-refractivity contribution >= 4 is 18.5 Å². The molecule has 0 bridgehead atoms. The van der Waals surface area contributed by atoms with Crippen LogP contribution in [-0.2, 0) is 17.8 Å². The highest BCUT2D eigenvalue weighted by atomic mass is 31.2. The highest BCUT2D eigenvalue weighted by Crippen LogP contribution is 2.40. The van der Waals surface area contributed by atoms with E-state index in [4.69, 9.17) is 9.79 Å². The molecule has 0 unspecified atom stereocenters. The van der Waals surface area contributed by atoms with Crippen LogP contribution in [0.25, 0.3) is 10.9 Å². The maximum absolute atomic E-state index is 11.0. The zero-order valence-corrected chi connectivity index (χ0v) is 9.63. The van der Waals surface area contributed by atoms with E-state index in [0.717, 1.165) is 10.9 Å². The Balaban J connectivity index is 2.63. The lowest BCUT2D eigenvalue weighted by Crippen LogP contribution is -2.33. The van der Waals surface area contributed by atoms with E-state index in [1.807, 2.05) is 24.3 Å². The monoisotopic (exact) mass is 239 g/mol. The van der Waals surface area contributed by atoms with E-state index in [-0.39, 0.29) is 6.16 Å². The number of aromatic nitrogens is 2. The topological polar surface area (TPSA) is 74.3 Å². The van der Waals surface area contributed by atoms with Gasteiger partial charge >= 0.3 is 7.60 Å². The fraction of sp³-hybridized carbons (Fsp3) is 0.200. The Kier molecular flexibility index (Phi) is 2.76. The minimum Gasteiger partial charge on any atom is -0.324 e. The number of nitrogens with zero attached hydrogens (tertiary/aromatic N) is 2. The van der Waals surface area contributed by atoms with Crippen molar-refractivity contribution in [3.63, 3.8) is 0 Å². The Morgan fingerprint density at radius 1 is 1.38 bits per heavy atom. The van der Waals surface area contributed by atoms with Gasteiger partial charge in [-0.05, 0) is 11.2 Å². The predicted molar refractivity (Wildman–Crippen MR) is 58.7 cm³/mol. The molecule has 0 aliphatic rings. The van der Waals surface area contributed by atoms with E-state index >= 15 is 0 Å². The molecule has 2 aromatic rings. The molecule has 0 fully saturated rings. The molecule has 0 saturated heterocycles. The summed E-state index contributed by atoms with van der Waals surface area (Å²) in [6.07, 6.45) is 1.38. The Labute approximate surface area is 92.5 Å². The van der Waals surface area contributed by atoms with Crippen LogP contribution in [-0.4, -0.2) is 14.9 Å². The molecule has 6 heteroatoms. The zero-order valence-electron chi connectivity index (χ0n) is 8.74. The SMILES string of the molecule is C[n+]1cc(CP(=O)(O)O)c2ccccc2n1. The lowest BCUT2D eigenvalue weighted by atomic mass is 10.1. The van der Waals surface area contributed by atoms with Crippen molar-refractivity contribution in [3.8, 4) is 0 Å². The molecule has 0 aliphatic heterocycles. The summed E-state index contributed by atoms with van der Waals surface area (Å²) in [4.78, 5) is 18.0. The molecular formula is C10H12N2O3P+. The molecule has 1 aromatic heterocycles. The Hall–Kier alpha value is -1.29. The standard InChI is InChI=1S/C10H11N2O3P/c1-12-6-8(7-16(13,14)15)9-4-2-3-5-10(9)11-12/h2-6H,7H2,1H3,(H-,13,14,15)/p+1. The lowest BCUT2D eigenvalue weighted by molar-refractivity contribution is -0.728. The molecule has 1 aromatic carbocycles. The first kappa shape index (κ1) is 11.2. The van der Waals surface area contributed by atoms with Gasteiger partial charge in [0, 0.05) is 10.9 Å². The van der Waals surface area contributed by atoms with E-state index in [1.54, 1.807) is 17.9 Å². The molecule has 0 aliphatic carbocycles. The van der Waals surface area contributed by atoms with Crippen LogP contribution < -0.4 is 4.68 Å². The maximum atomic E-state index is 11.0. The zero-order chi connectivity index (χ0) is 11.8. The molecule has 5 nitrogen and oxygen atoms in total. The van der Waals surface area contributed by atoms with Crippen molar-refractivity contribution in [2.45, 2.75) is 6.16 Å². The van der Waals surface area contributed by atoms with Crippen LogP contribution >= 0.6 is 7.60 Å². The van der Waals surface area contributed by atoms with Gasteiger partial charge in [-0.3, -0.25) is 4.57 Å². The highest BCUT2D eigenvalue weighted by molar-refractivity contribution is 7.50. The van der Waals surface area contributed by atoms with Crippen LogP contribution in [0.2, 0.25) is 0 Å². The average molecular weight is 239 g/mol. The summed E-state index contributed by atoms with van der Waals surface area (Å²) in [5, 5.41) is 5.01. The smallest absolute Gasteiger partial charge is 0.324 e. The molecule has 1 heterocycles. The molecule has 84 valence electrons. The number of benzene rings is 1. The molecule has 2 rings (SSSR count). The third-order valence-electron chi connectivity index (χ3n) is 2.23. The predicted octanol–water partition coefficient (Wildman–Crippen LogP) is 0.737. The van der Waals surface area contributed by atoms with Gasteiger partial charge in [0.05, 0.1) is 6.16 Å². The summed E-state index contributed by atoms with van der Waals surface area (Å²) in [7, 11) is -2.32. The Morgan fingerprint density at radius 3 is 2.75 bits per heavy atom. The first-order chi connectivity index (χ1) is 7.46. The molecule has 2 N–H and O–H groups in total. The average Bonchev–Trinajstić information content (AvgIpc) is 2.14. The van der Waals surface area contributed by atoms with Gasteiger partial charge in [0.2, 0.25) is 0 Å². The third kappa shape index (κ3) is 2.44. The van der Waals surface area contributed by atoms with E-state index < -0.39 is 7.60 Å². The van der Waals surface area contributed by atoms with Gasteiger partial charge < -0.3 is 9.79 Å². The number of rotatable bonds is 2. The van der Waals surface area contributed by atoms with Crippen molar-refractivity contribution in [3.05, 3.63) is 36.0 Å². The number of hydrogen-bond acceptors (Lipinski definition) is 2. The molecular weight excluding hydrogens is 227 g/mol. The summed E-state index contributed by atoms with van der Waals surface area (Å²) in [5.74, 6) is 0. The largest absolute Gasteiger partial charge is 0.330 e. The minimum absolute atomic E-state index is 0.260. The van der Waals surface area contributed by atoms with E-state index in [9.17, 15) is 4.57 Å². The van der Waals surface area contributed by atoms with Crippen molar-refractivity contribution in [1.82, 2.24) is 5.10 Å². The number of hydrogen-bond donors (Lipinski definition) is 2. The summed E-state index contributed by atoms with van der Waals surface area (Å²) < 4.78 is 12.6. The van der Waals surface area contributed by atoms with Crippen LogP contribution in [0.4, 0.5) is 0 Å². The normalized spacial score (nSPS) is 11.9. The summed E-state index contributed by atoms with van der Waals surface area (Å²) in [6, 6.07) is 7.30. The highest BCUT2D eigenvalue weighted by Gasteiger charge is 2.19. The summed E-state index contributed by atoms with van der Waals surface area (Å²) >= 11 is 0. The molecule has 0 saturated carbocycles. The number of fused-ring (bicyclic) bond motifs is 1. The molecule has 0 amide bonds. The van der Waals surface area contributed by atoms with Gasteiger partial charge in [-0.25, -0.2) is 0 Å². The fourth-order valence-corrected chi connectivity index (χ4v) is 2.37. The van der Waals surface area contributed by atoms with Crippen molar-refractivity contribution < 1.29 is 19.0 Å². The van der Waals surface area contributed by atoms with Crippen LogP contribution in [0.15, 0.2) is 30.5 Å². The maximum Gasteiger partial charge on any atom is 0.330 e. The second-order valence-electron chi connectivity index (χ2n) is 3.67. The van der Waals surface area contributed by atoms with Gasteiger partial charge in [-0.1, -0.05) is 22.9 Å². The molecule has 0 atom stereocenters. The molecule has 16 heavy (non-hydrogen) atoms. The van der Waals surface area contributed by atoms with Gasteiger partial charge in [0.25, 0.3) is 0 Å². The van der Waals surface area contributed by atoms with Gasteiger partial charge in [0.1, 0.15) is 5.52 Å². The lowest BCUT2D eigenvalue weighted by Gasteiger charge is -2.04. The van der Waals surface area contributed by atoms with E-state index in [1.165, 1.54) is 0 Å². The first-order valence-electron chi connectivity index (χ1n) is 4.75. The fourth-order valence-electron chi connectivity index (χ4n) is 1.67. The third-order valence-corrected chi connectivity index (χ3v) is 2.99. The minimum atomic E-state index is -4.05. The van der Waals surface area contributed by atoms with E-state index in [0.29, 0.717) is 5.56 Å². The van der Waals surface area contributed by atoms with Crippen LogP contribution in [0, 0.1) is 0 Å². The number of aryl methyl sites for hydroxylation is 1. The van der Waals surface area contributed by atoms with E-state index in [2.05, 4.69) is 5.10 Å². The van der Waals surface area contributed by atoms with Gasteiger partial charge in [0.15, 0.2) is 13.2 Å². The van der Waals surface area contributed by atoms with Crippen molar-refractivity contribution in [2.24, 2.45) is 7.05 Å².